The number of phenols is 1. The van der Waals surface area contributed by atoms with E-state index in [0.29, 0.717) is 18.5 Å². The summed E-state index contributed by atoms with van der Waals surface area (Å²) in [6.07, 6.45) is -0.403. The first-order valence-electron chi connectivity index (χ1n) is 4.12. The summed E-state index contributed by atoms with van der Waals surface area (Å²) < 4.78 is 13.1. The standard InChI is InChI=1S/C9H11BrFNO2/c10-6-3-5(7(13)1-2-12)4-8(14)9(6)11/h3-4,7,13-14H,1-2,12H2. The van der Waals surface area contributed by atoms with Crippen LogP contribution in [0.4, 0.5) is 4.39 Å². The summed E-state index contributed by atoms with van der Waals surface area (Å²) in [5, 5.41) is 18.7. The zero-order valence-corrected chi connectivity index (χ0v) is 8.96. The van der Waals surface area contributed by atoms with Crippen LogP contribution in [0, 0.1) is 5.82 Å². The van der Waals surface area contributed by atoms with E-state index in [0.717, 1.165) is 0 Å². The van der Waals surface area contributed by atoms with Crippen LogP contribution in [0.15, 0.2) is 16.6 Å². The molecule has 0 radical (unpaired) electrons. The van der Waals surface area contributed by atoms with Crippen LogP contribution >= 0.6 is 15.9 Å². The smallest absolute Gasteiger partial charge is 0.178 e. The quantitative estimate of drug-likeness (QED) is 0.778. The third-order valence-corrected chi connectivity index (χ3v) is 2.43. The molecule has 0 fully saturated rings. The van der Waals surface area contributed by atoms with Gasteiger partial charge in [0.25, 0.3) is 0 Å². The Labute approximate surface area is 89.5 Å². The molecule has 0 saturated heterocycles. The highest BCUT2D eigenvalue weighted by atomic mass is 79.9. The largest absolute Gasteiger partial charge is 0.505 e. The SMILES string of the molecule is NCCC(O)c1cc(O)c(F)c(Br)c1. The summed E-state index contributed by atoms with van der Waals surface area (Å²) in [6, 6.07) is 2.62. The number of aromatic hydroxyl groups is 1. The first-order chi connectivity index (χ1) is 6.56. The lowest BCUT2D eigenvalue weighted by Crippen LogP contribution is -2.06. The van der Waals surface area contributed by atoms with Gasteiger partial charge in [-0.05, 0) is 46.6 Å². The van der Waals surface area contributed by atoms with Crippen LogP contribution in [0.3, 0.4) is 0 Å². The van der Waals surface area contributed by atoms with Gasteiger partial charge in [0.15, 0.2) is 11.6 Å². The average molecular weight is 264 g/mol. The molecule has 5 heteroatoms. The number of nitrogens with two attached hydrogens (primary N) is 1. The van der Waals surface area contributed by atoms with Crippen molar-refractivity contribution in [3.05, 3.63) is 28.0 Å². The predicted molar refractivity (Wildman–Crippen MR) is 54.4 cm³/mol. The molecule has 14 heavy (non-hydrogen) atoms. The highest BCUT2D eigenvalue weighted by Gasteiger charge is 2.12. The number of aliphatic hydroxyl groups is 1. The average Bonchev–Trinajstić information content (AvgIpc) is 2.13. The van der Waals surface area contributed by atoms with Crippen molar-refractivity contribution in [2.75, 3.05) is 6.54 Å². The Morgan fingerprint density at radius 1 is 1.50 bits per heavy atom. The molecule has 0 amide bonds. The van der Waals surface area contributed by atoms with Gasteiger partial charge in [-0.15, -0.1) is 0 Å². The highest BCUT2D eigenvalue weighted by Crippen LogP contribution is 2.29. The lowest BCUT2D eigenvalue weighted by Gasteiger charge is -2.10. The minimum absolute atomic E-state index is 0.128. The number of phenolic OH excluding ortho intramolecular Hbond substituents is 1. The zero-order valence-electron chi connectivity index (χ0n) is 7.37. The molecule has 1 unspecified atom stereocenters. The van der Waals surface area contributed by atoms with Crippen molar-refractivity contribution in [1.29, 1.82) is 0 Å². The molecule has 0 spiro atoms. The number of rotatable bonds is 3. The van der Waals surface area contributed by atoms with E-state index in [4.69, 9.17) is 10.8 Å². The monoisotopic (exact) mass is 263 g/mol. The van der Waals surface area contributed by atoms with Crippen LogP contribution in [0.1, 0.15) is 18.1 Å². The van der Waals surface area contributed by atoms with Gasteiger partial charge in [0.1, 0.15) is 0 Å². The van der Waals surface area contributed by atoms with Crippen LogP contribution in [-0.2, 0) is 0 Å². The Bertz CT molecular complexity index is 310. The minimum Gasteiger partial charge on any atom is -0.505 e. The number of hydrogen-bond donors (Lipinski definition) is 3. The first kappa shape index (κ1) is 11.4. The molecule has 3 nitrogen and oxygen atoms in total. The van der Waals surface area contributed by atoms with Gasteiger partial charge >= 0.3 is 0 Å². The van der Waals surface area contributed by atoms with E-state index in [9.17, 15) is 9.50 Å². The third kappa shape index (κ3) is 2.43. The molecule has 1 aromatic rings. The number of hydrogen-bond acceptors (Lipinski definition) is 3. The number of aliphatic hydroxyl groups excluding tert-OH is 1. The fraction of sp³-hybridized carbons (Fsp3) is 0.333. The van der Waals surface area contributed by atoms with Crippen LogP contribution in [0.25, 0.3) is 0 Å². The van der Waals surface area contributed by atoms with Crippen molar-refractivity contribution < 1.29 is 14.6 Å². The van der Waals surface area contributed by atoms with Gasteiger partial charge in [0.05, 0.1) is 10.6 Å². The second-order valence-electron chi connectivity index (χ2n) is 2.93. The lowest BCUT2D eigenvalue weighted by atomic mass is 10.1. The van der Waals surface area contributed by atoms with Crippen molar-refractivity contribution in [3.8, 4) is 5.75 Å². The molecule has 0 aliphatic rings. The van der Waals surface area contributed by atoms with E-state index >= 15 is 0 Å². The molecule has 0 aromatic heterocycles. The molecule has 0 bridgehead atoms. The van der Waals surface area contributed by atoms with Crippen LogP contribution in [0.5, 0.6) is 5.75 Å². The van der Waals surface area contributed by atoms with Crippen molar-refractivity contribution in [3.63, 3.8) is 0 Å². The van der Waals surface area contributed by atoms with Crippen molar-refractivity contribution in [1.82, 2.24) is 0 Å². The van der Waals surface area contributed by atoms with Gasteiger partial charge in [-0.1, -0.05) is 0 Å². The van der Waals surface area contributed by atoms with Gasteiger partial charge in [-0.25, -0.2) is 4.39 Å². The molecule has 1 aromatic carbocycles. The van der Waals surface area contributed by atoms with E-state index in [1.807, 2.05) is 0 Å². The summed E-state index contributed by atoms with van der Waals surface area (Å²) in [5.74, 6) is -1.21. The lowest BCUT2D eigenvalue weighted by molar-refractivity contribution is 0.169. The van der Waals surface area contributed by atoms with Crippen LogP contribution in [0.2, 0.25) is 0 Å². The van der Waals surface area contributed by atoms with E-state index in [2.05, 4.69) is 15.9 Å². The summed E-state index contributed by atoms with van der Waals surface area (Å²) in [4.78, 5) is 0. The Morgan fingerprint density at radius 3 is 2.64 bits per heavy atom. The van der Waals surface area contributed by atoms with Gasteiger partial charge in [0, 0.05) is 0 Å². The Morgan fingerprint density at radius 2 is 2.14 bits per heavy atom. The van der Waals surface area contributed by atoms with Gasteiger partial charge in [0.2, 0.25) is 0 Å². The summed E-state index contributed by atoms with van der Waals surface area (Å²) >= 11 is 2.94. The summed E-state index contributed by atoms with van der Waals surface area (Å²) in [7, 11) is 0. The Balaban J connectivity index is 3.00. The minimum atomic E-state index is -0.775. The molecular weight excluding hydrogens is 253 g/mol. The van der Waals surface area contributed by atoms with E-state index < -0.39 is 17.7 Å². The van der Waals surface area contributed by atoms with Gasteiger partial charge in [-0.2, -0.15) is 0 Å². The first-order valence-corrected chi connectivity index (χ1v) is 4.91. The molecular formula is C9H11BrFNO2. The molecule has 1 atom stereocenters. The van der Waals surface area contributed by atoms with Crippen LogP contribution < -0.4 is 5.73 Å². The van der Waals surface area contributed by atoms with Gasteiger partial charge < -0.3 is 15.9 Å². The van der Waals surface area contributed by atoms with E-state index in [1.54, 1.807) is 0 Å². The maximum absolute atomic E-state index is 13.0. The topological polar surface area (TPSA) is 66.5 Å². The molecule has 1 rings (SSSR count). The maximum atomic E-state index is 13.0. The molecule has 0 heterocycles. The Kier molecular flexibility index (Phi) is 3.86. The normalized spacial score (nSPS) is 12.9. The van der Waals surface area contributed by atoms with Crippen molar-refractivity contribution in [2.45, 2.75) is 12.5 Å². The van der Waals surface area contributed by atoms with Crippen molar-refractivity contribution in [2.24, 2.45) is 5.73 Å². The van der Waals surface area contributed by atoms with E-state index in [-0.39, 0.29) is 4.47 Å². The molecule has 4 N–H and O–H groups in total. The Hall–Kier alpha value is -0.650. The van der Waals surface area contributed by atoms with Crippen molar-refractivity contribution >= 4 is 15.9 Å². The fourth-order valence-corrected chi connectivity index (χ4v) is 1.58. The summed E-state index contributed by atoms with van der Waals surface area (Å²) in [6.45, 7) is 0.330. The number of halogens is 2. The third-order valence-electron chi connectivity index (χ3n) is 1.86. The second kappa shape index (κ2) is 4.72. The highest BCUT2D eigenvalue weighted by molar-refractivity contribution is 9.10. The maximum Gasteiger partial charge on any atom is 0.178 e. The number of benzene rings is 1. The van der Waals surface area contributed by atoms with E-state index in [1.165, 1.54) is 12.1 Å². The summed E-state index contributed by atoms with van der Waals surface area (Å²) in [5.41, 5.74) is 5.71. The molecule has 78 valence electrons. The fourth-order valence-electron chi connectivity index (χ4n) is 1.11. The van der Waals surface area contributed by atoms with Crippen LogP contribution in [-0.4, -0.2) is 16.8 Å². The second-order valence-corrected chi connectivity index (χ2v) is 3.78. The molecule has 0 saturated carbocycles. The molecule has 0 aliphatic heterocycles. The predicted octanol–water partition coefficient (Wildman–Crippen LogP) is 1.68. The molecule has 0 aliphatic carbocycles. The zero-order chi connectivity index (χ0) is 10.7. The van der Waals surface area contributed by atoms with Gasteiger partial charge in [-0.3, -0.25) is 0 Å².